The van der Waals surface area contributed by atoms with Crippen molar-refractivity contribution in [1.82, 2.24) is 10.2 Å². The molecule has 6 rings (SSSR count). The molecular weight excluding hydrogens is 444 g/mol. The molecule has 3 saturated heterocycles. The van der Waals surface area contributed by atoms with E-state index in [4.69, 9.17) is 4.74 Å². The quantitative estimate of drug-likeness (QED) is 0.339. The molecule has 3 fully saturated rings. The van der Waals surface area contributed by atoms with Crippen LogP contribution >= 0.6 is 11.3 Å². The lowest BCUT2D eigenvalue weighted by atomic mass is 9.76. The fourth-order valence-electron chi connectivity index (χ4n) is 5.43. The van der Waals surface area contributed by atoms with E-state index in [0.717, 1.165) is 39.1 Å². The Kier molecular flexibility index (Phi) is 7.09. The molecule has 0 saturated carbocycles. The number of amides is 1. The van der Waals surface area contributed by atoms with Crippen LogP contribution in [0.5, 0.6) is 0 Å². The van der Waals surface area contributed by atoms with Crippen molar-refractivity contribution in [2.24, 2.45) is 11.8 Å². The van der Waals surface area contributed by atoms with Gasteiger partial charge in [0.25, 0.3) is 5.91 Å². The molecule has 2 aromatic carbocycles. The summed E-state index contributed by atoms with van der Waals surface area (Å²) in [6, 6.07) is 16.0. The third-order valence-electron chi connectivity index (χ3n) is 7.30. The van der Waals surface area contributed by atoms with Crippen LogP contribution in [-0.2, 0) is 4.74 Å². The second-order valence-electron chi connectivity index (χ2n) is 9.54. The van der Waals surface area contributed by atoms with Gasteiger partial charge < -0.3 is 15.0 Å². The summed E-state index contributed by atoms with van der Waals surface area (Å²) >= 11 is 1.59. The van der Waals surface area contributed by atoms with Crippen LogP contribution < -0.4 is 5.32 Å². The van der Waals surface area contributed by atoms with Crippen molar-refractivity contribution < 1.29 is 14.3 Å². The number of hydrogen-bond acceptors (Lipinski definition) is 5. The summed E-state index contributed by atoms with van der Waals surface area (Å²) < 4.78 is 6.15. The Labute approximate surface area is 205 Å². The molecule has 3 aromatic rings. The first kappa shape index (κ1) is 23.2. The number of benzene rings is 2. The average Bonchev–Trinajstić information content (AvgIpc) is 3.32. The number of Topliss-reactive ketones (excluding diaryl/α,β-unsaturated/α-hetero) is 1. The number of fused-ring (bicyclic) bond motifs is 4. The first-order valence-corrected chi connectivity index (χ1v) is 13.1. The fraction of sp³-hybridized carbons (Fsp3) is 0.429. The summed E-state index contributed by atoms with van der Waals surface area (Å²) in [6.45, 7) is 4.69. The number of nitrogens with zero attached hydrogens (tertiary/aromatic N) is 1. The molecule has 1 N–H and O–H groups in total. The van der Waals surface area contributed by atoms with Gasteiger partial charge >= 0.3 is 0 Å². The Morgan fingerprint density at radius 2 is 1.94 bits per heavy atom. The Hall–Kier alpha value is -2.54. The van der Waals surface area contributed by atoms with Crippen LogP contribution in [0, 0.1) is 11.8 Å². The second-order valence-corrected chi connectivity index (χ2v) is 10.6. The van der Waals surface area contributed by atoms with Gasteiger partial charge in [-0.3, -0.25) is 9.59 Å². The Balaban J connectivity index is 1.35. The van der Waals surface area contributed by atoms with Crippen LogP contribution in [0.4, 0.5) is 0 Å². The highest BCUT2D eigenvalue weighted by atomic mass is 32.1. The van der Waals surface area contributed by atoms with E-state index in [1.54, 1.807) is 18.4 Å². The summed E-state index contributed by atoms with van der Waals surface area (Å²) in [6.07, 6.45) is 3.92. The van der Waals surface area contributed by atoms with Gasteiger partial charge in [0, 0.05) is 43.5 Å². The summed E-state index contributed by atoms with van der Waals surface area (Å²) in [5.41, 5.74) is 2.70. The van der Waals surface area contributed by atoms with Gasteiger partial charge in [-0.05, 0) is 78.9 Å². The Morgan fingerprint density at radius 1 is 1.12 bits per heavy atom. The van der Waals surface area contributed by atoms with Gasteiger partial charge in [0.2, 0.25) is 0 Å². The number of piperidine rings is 3. The van der Waals surface area contributed by atoms with Crippen molar-refractivity contribution in [2.45, 2.75) is 25.7 Å². The number of nitrogens with one attached hydrogen (secondary N) is 1. The standard InChI is InChI=1S/C28H32N2O3S/c1-33-14-4-11-29-28(32)22-7-2-5-20(15-22)24-8-3-6-21-17-26(34-27(21)24)25(31)16-23-18-30-12-9-19(23)10-13-30/h2-3,5-8,15,17,19,23H,4,9-14,16,18H2,1H3,(H,29,32)/t23-/m0/s1. The van der Waals surface area contributed by atoms with E-state index in [2.05, 4.69) is 28.4 Å². The van der Waals surface area contributed by atoms with Crippen LogP contribution in [-0.4, -0.2) is 56.5 Å². The van der Waals surface area contributed by atoms with Crippen LogP contribution in [0.1, 0.15) is 45.7 Å². The number of hydrogen-bond donors (Lipinski definition) is 1. The number of thiophene rings is 1. The number of rotatable bonds is 9. The predicted molar refractivity (Wildman–Crippen MR) is 138 cm³/mol. The minimum Gasteiger partial charge on any atom is -0.385 e. The first-order chi connectivity index (χ1) is 16.6. The summed E-state index contributed by atoms with van der Waals surface area (Å²) in [4.78, 5) is 29.2. The van der Waals surface area contributed by atoms with Crippen LogP contribution in [0.25, 0.3) is 21.2 Å². The smallest absolute Gasteiger partial charge is 0.251 e. The van der Waals surface area contributed by atoms with E-state index in [1.165, 1.54) is 25.9 Å². The molecule has 0 aliphatic carbocycles. The van der Waals surface area contributed by atoms with Crippen molar-refractivity contribution in [3.8, 4) is 11.1 Å². The number of ether oxygens (including phenoxy) is 1. The maximum absolute atomic E-state index is 13.2. The topological polar surface area (TPSA) is 58.6 Å². The van der Waals surface area contributed by atoms with E-state index in [-0.39, 0.29) is 11.7 Å². The van der Waals surface area contributed by atoms with Crippen LogP contribution in [0.3, 0.4) is 0 Å². The van der Waals surface area contributed by atoms with Gasteiger partial charge in [0.1, 0.15) is 0 Å². The predicted octanol–water partition coefficient (Wildman–Crippen LogP) is 5.25. The molecule has 3 aliphatic heterocycles. The summed E-state index contributed by atoms with van der Waals surface area (Å²) in [5.74, 6) is 1.40. The van der Waals surface area contributed by atoms with Gasteiger partial charge in [-0.25, -0.2) is 0 Å². The number of methoxy groups -OCH3 is 1. The molecule has 5 nitrogen and oxygen atoms in total. The van der Waals surface area contributed by atoms with Crippen molar-refractivity contribution in [3.05, 3.63) is 59.0 Å². The first-order valence-electron chi connectivity index (χ1n) is 12.3. The molecule has 4 heterocycles. The molecule has 0 radical (unpaired) electrons. The zero-order valence-corrected chi connectivity index (χ0v) is 20.5. The van der Waals surface area contributed by atoms with Gasteiger partial charge in [0.05, 0.1) is 4.88 Å². The third-order valence-corrected chi connectivity index (χ3v) is 8.53. The normalized spacial score (nSPS) is 21.6. The molecule has 178 valence electrons. The summed E-state index contributed by atoms with van der Waals surface area (Å²) in [5, 5.41) is 4.05. The lowest BCUT2D eigenvalue weighted by Gasteiger charge is -2.44. The average molecular weight is 477 g/mol. The van der Waals surface area contributed by atoms with Crippen LogP contribution in [0.2, 0.25) is 0 Å². The molecular formula is C28H32N2O3S. The summed E-state index contributed by atoms with van der Waals surface area (Å²) in [7, 11) is 1.66. The van der Waals surface area contributed by atoms with E-state index in [0.29, 0.717) is 37.0 Å². The second kappa shape index (κ2) is 10.4. The van der Waals surface area contributed by atoms with Gasteiger partial charge in [-0.15, -0.1) is 11.3 Å². The number of carbonyl (C=O) groups is 2. The molecule has 34 heavy (non-hydrogen) atoms. The van der Waals surface area contributed by atoms with E-state index < -0.39 is 0 Å². The van der Waals surface area contributed by atoms with Crippen LogP contribution in [0.15, 0.2) is 48.5 Å². The van der Waals surface area contributed by atoms with Crippen molar-refractivity contribution in [3.63, 3.8) is 0 Å². The zero-order chi connectivity index (χ0) is 23.5. The SMILES string of the molecule is COCCCNC(=O)c1cccc(-c2cccc3cc(C(=O)C[C@H]4CN5CCC4CC5)sc23)c1. The third kappa shape index (κ3) is 4.95. The largest absolute Gasteiger partial charge is 0.385 e. The van der Waals surface area contributed by atoms with E-state index in [1.807, 2.05) is 30.3 Å². The monoisotopic (exact) mass is 476 g/mol. The maximum atomic E-state index is 13.2. The maximum Gasteiger partial charge on any atom is 0.251 e. The minimum atomic E-state index is -0.0790. The van der Waals surface area contributed by atoms with E-state index >= 15 is 0 Å². The molecule has 6 heteroatoms. The molecule has 1 atom stereocenters. The lowest BCUT2D eigenvalue weighted by Crippen LogP contribution is -2.47. The zero-order valence-electron chi connectivity index (χ0n) is 19.7. The number of ketones is 1. The van der Waals surface area contributed by atoms with Gasteiger partial charge in [0.15, 0.2) is 5.78 Å². The lowest BCUT2D eigenvalue weighted by molar-refractivity contribution is 0.0442. The molecule has 0 unspecified atom stereocenters. The van der Waals surface area contributed by atoms with Gasteiger partial charge in [-0.2, -0.15) is 0 Å². The van der Waals surface area contributed by atoms with Crippen molar-refractivity contribution in [2.75, 3.05) is 39.9 Å². The fourth-order valence-corrected chi connectivity index (χ4v) is 6.58. The highest BCUT2D eigenvalue weighted by Gasteiger charge is 2.35. The van der Waals surface area contributed by atoms with Crippen molar-refractivity contribution in [1.29, 1.82) is 0 Å². The molecule has 3 aliphatic rings. The minimum absolute atomic E-state index is 0.0790. The van der Waals surface area contributed by atoms with E-state index in [9.17, 15) is 9.59 Å². The highest BCUT2D eigenvalue weighted by molar-refractivity contribution is 7.21. The molecule has 2 bridgehead atoms. The van der Waals surface area contributed by atoms with Gasteiger partial charge in [-0.1, -0.05) is 30.3 Å². The Morgan fingerprint density at radius 3 is 2.71 bits per heavy atom. The Bertz CT molecular complexity index is 1180. The number of carbonyl (C=O) groups excluding carboxylic acids is 2. The highest BCUT2D eigenvalue weighted by Crippen LogP contribution is 2.38. The van der Waals surface area contributed by atoms with Crippen molar-refractivity contribution >= 4 is 33.1 Å². The molecule has 0 spiro atoms. The molecule has 1 aromatic heterocycles. The molecule has 1 amide bonds.